The van der Waals surface area contributed by atoms with E-state index in [9.17, 15) is 18.3 Å². The first kappa shape index (κ1) is 11.8. The van der Waals surface area contributed by atoms with Crippen LogP contribution in [0.1, 0.15) is 17.2 Å². The first-order valence-corrected chi connectivity index (χ1v) is 4.13. The van der Waals surface area contributed by atoms with E-state index in [2.05, 4.69) is 0 Å². The quantitative estimate of drug-likeness (QED) is 0.707. The molecule has 3 nitrogen and oxygen atoms in total. The molecule has 0 aliphatic rings. The van der Waals surface area contributed by atoms with Gasteiger partial charge in [-0.1, -0.05) is 0 Å². The van der Waals surface area contributed by atoms with Crippen molar-refractivity contribution in [3.8, 4) is 5.75 Å². The van der Waals surface area contributed by atoms with Gasteiger partial charge < -0.3 is 15.9 Å². The molecule has 0 radical (unpaired) electrons. The number of nitrogens with two attached hydrogens (primary N) is 1. The number of aliphatic hydroxyl groups excluding tert-OH is 1. The van der Waals surface area contributed by atoms with Gasteiger partial charge in [0, 0.05) is 5.56 Å². The molecule has 0 saturated carbocycles. The summed E-state index contributed by atoms with van der Waals surface area (Å²) < 4.78 is 36.8. The molecule has 0 heterocycles. The zero-order valence-electron chi connectivity index (χ0n) is 7.62. The normalized spacial score (nSPS) is 13.9. The predicted molar refractivity (Wildman–Crippen MR) is 47.1 cm³/mol. The van der Waals surface area contributed by atoms with E-state index in [1.54, 1.807) is 0 Å². The number of aliphatic hydroxyl groups is 1. The molecule has 1 unspecified atom stereocenters. The van der Waals surface area contributed by atoms with Crippen LogP contribution in [-0.2, 0) is 6.18 Å². The molecule has 6 heteroatoms. The minimum atomic E-state index is -4.49. The van der Waals surface area contributed by atoms with Crippen LogP contribution in [-0.4, -0.2) is 16.8 Å². The van der Waals surface area contributed by atoms with Crippen LogP contribution < -0.4 is 5.73 Å². The Morgan fingerprint density at radius 3 is 2.40 bits per heavy atom. The van der Waals surface area contributed by atoms with Gasteiger partial charge in [0.15, 0.2) is 0 Å². The maximum atomic E-state index is 12.3. The van der Waals surface area contributed by atoms with Gasteiger partial charge in [0.2, 0.25) is 0 Å². The second-order valence-electron chi connectivity index (χ2n) is 3.06. The molecular weight excluding hydrogens is 211 g/mol. The molecule has 0 bridgehead atoms. The number of benzene rings is 1. The van der Waals surface area contributed by atoms with Crippen molar-refractivity contribution in [2.24, 2.45) is 5.73 Å². The van der Waals surface area contributed by atoms with Gasteiger partial charge in [0.1, 0.15) is 5.75 Å². The molecular formula is C9H10F3NO2. The number of halogens is 3. The second kappa shape index (κ2) is 4.08. The van der Waals surface area contributed by atoms with Crippen molar-refractivity contribution in [3.63, 3.8) is 0 Å². The summed E-state index contributed by atoms with van der Waals surface area (Å²) in [6.45, 7) is -0.533. The maximum Gasteiger partial charge on any atom is 0.416 e. The third-order valence-electron chi connectivity index (χ3n) is 1.95. The lowest BCUT2D eigenvalue weighted by Crippen LogP contribution is -2.16. The molecule has 84 valence electrons. The zero-order valence-corrected chi connectivity index (χ0v) is 7.62. The lowest BCUT2D eigenvalue weighted by Gasteiger charge is -2.13. The topological polar surface area (TPSA) is 66.5 Å². The average molecular weight is 221 g/mol. The molecule has 1 aromatic carbocycles. The minimum Gasteiger partial charge on any atom is -0.508 e. The molecule has 0 aliphatic heterocycles. The standard InChI is InChI=1S/C9H10F3NO2/c10-9(11,12)5-1-2-8(15)6(3-5)7(13)4-14/h1-3,7,14-15H,4,13H2. The largest absolute Gasteiger partial charge is 0.508 e. The number of aromatic hydroxyl groups is 1. The van der Waals surface area contributed by atoms with Crippen LogP contribution in [0.4, 0.5) is 13.2 Å². The fourth-order valence-electron chi connectivity index (χ4n) is 1.13. The summed E-state index contributed by atoms with van der Waals surface area (Å²) in [6, 6.07) is 1.37. The Bertz CT molecular complexity index is 352. The Balaban J connectivity index is 3.17. The Hall–Kier alpha value is -1.27. The lowest BCUT2D eigenvalue weighted by atomic mass is 10.0. The molecule has 4 N–H and O–H groups in total. The molecule has 0 saturated heterocycles. The highest BCUT2D eigenvalue weighted by Crippen LogP contribution is 2.33. The van der Waals surface area contributed by atoms with E-state index in [0.717, 1.165) is 18.2 Å². The molecule has 0 aromatic heterocycles. The SMILES string of the molecule is NC(CO)c1cc(C(F)(F)F)ccc1O. The van der Waals surface area contributed by atoms with Crippen molar-refractivity contribution >= 4 is 0 Å². The summed E-state index contributed by atoms with van der Waals surface area (Å²) in [5.41, 5.74) is 4.31. The van der Waals surface area contributed by atoms with Gasteiger partial charge in [-0.15, -0.1) is 0 Å². The van der Waals surface area contributed by atoms with E-state index in [1.165, 1.54) is 0 Å². The van der Waals surface area contributed by atoms with Gasteiger partial charge >= 0.3 is 6.18 Å². The van der Waals surface area contributed by atoms with E-state index in [1.807, 2.05) is 0 Å². The van der Waals surface area contributed by atoms with Gasteiger partial charge in [-0.3, -0.25) is 0 Å². The highest BCUT2D eigenvalue weighted by Gasteiger charge is 2.31. The fourth-order valence-corrected chi connectivity index (χ4v) is 1.13. The molecule has 0 spiro atoms. The summed E-state index contributed by atoms with van der Waals surface area (Å²) in [7, 11) is 0. The zero-order chi connectivity index (χ0) is 11.6. The summed E-state index contributed by atoms with van der Waals surface area (Å²) in [5, 5.41) is 17.9. The van der Waals surface area contributed by atoms with Crippen molar-refractivity contribution in [3.05, 3.63) is 29.3 Å². The van der Waals surface area contributed by atoms with Gasteiger partial charge in [0.25, 0.3) is 0 Å². The van der Waals surface area contributed by atoms with Crippen LogP contribution in [0.5, 0.6) is 5.75 Å². The fraction of sp³-hybridized carbons (Fsp3) is 0.333. The van der Waals surface area contributed by atoms with Crippen molar-refractivity contribution in [1.29, 1.82) is 0 Å². The van der Waals surface area contributed by atoms with Gasteiger partial charge in [0.05, 0.1) is 18.2 Å². The number of phenols is 1. The predicted octanol–water partition coefficient (Wildman–Crippen LogP) is 1.40. The van der Waals surface area contributed by atoms with Crippen molar-refractivity contribution in [2.75, 3.05) is 6.61 Å². The monoisotopic (exact) mass is 221 g/mol. The highest BCUT2D eigenvalue weighted by atomic mass is 19.4. The number of hydrogen-bond donors (Lipinski definition) is 3. The third-order valence-corrected chi connectivity index (χ3v) is 1.95. The van der Waals surface area contributed by atoms with Gasteiger partial charge in [-0.05, 0) is 18.2 Å². The number of alkyl halides is 3. The second-order valence-corrected chi connectivity index (χ2v) is 3.06. The van der Waals surface area contributed by atoms with Crippen LogP contribution in [0.25, 0.3) is 0 Å². The Kier molecular flexibility index (Phi) is 3.21. The van der Waals surface area contributed by atoms with E-state index >= 15 is 0 Å². The van der Waals surface area contributed by atoms with Crippen LogP contribution >= 0.6 is 0 Å². The molecule has 0 amide bonds. The Morgan fingerprint density at radius 1 is 1.33 bits per heavy atom. The molecule has 0 fully saturated rings. The Morgan fingerprint density at radius 2 is 1.93 bits per heavy atom. The van der Waals surface area contributed by atoms with Gasteiger partial charge in [-0.2, -0.15) is 13.2 Å². The summed E-state index contributed by atoms with van der Waals surface area (Å²) in [6.07, 6.45) is -4.49. The van der Waals surface area contributed by atoms with Crippen molar-refractivity contribution < 1.29 is 23.4 Å². The first-order chi connectivity index (χ1) is 6.86. The first-order valence-electron chi connectivity index (χ1n) is 4.13. The molecule has 1 rings (SSSR count). The van der Waals surface area contributed by atoms with E-state index < -0.39 is 24.4 Å². The van der Waals surface area contributed by atoms with Crippen LogP contribution in [0.15, 0.2) is 18.2 Å². The third kappa shape index (κ3) is 2.60. The maximum absolute atomic E-state index is 12.3. The van der Waals surface area contributed by atoms with Gasteiger partial charge in [-0.25, -0.2) is 0 Å². The van der Waals surface area contributed by atoms with Crippen molar-refractivity contribution in [1.82, 2.24) is 0 Å². The Labute approximate surface area is 84.0 Å². The lowest BCUT2D eigenvalue weighted by molar-refractivity contribution is -0.137. The summed E-state index contributed by atoms with van der Waals surface area (Å²) >= 11 is 0. The average Bonchev–Trinajstić information content (AvgIpc) is 2.15. The molecule has 0 aliphatic carbocycles. The van der Waals surface area contributed by atoms with Crippen LogP contribution in [0.3, 0.4) is 0 Å². The van der Waals surface area contributed by atoms with E-state index in [-0.39, 0.29) is 11.3 Å². The summed E-state index contributed by atoms with van der Waals surface area (Å²) in [5.74, 6) is -0.357. The van der Waals surface area contributed by atoms with Crippen LogP contribution in [0, 0.1) is 0 Å². The van der Waals surface area contributed by atoms with Crippen molar-refractivity contribution in [2.45, 2.75) is 12.2 Å². The molecule has 15 heavy (non-hydrogen) atoms. The smallest absolute Gasteiger partial charge is 0.416 e. The molecule has 1 aromatic rings. The number of rotatable bonds is 2. The van der Waals surface area contributed by atoms with Crippen LogP contribution in [0.2, 0.25) is 0 Å². The summed E-state index contributed by atoms with van der Waals surface area (Å²) in [4.78, 5) is 0. The number of hydrogen-bond acceptors (Lipinski definition) is 3. The molecule has 1 atom stereocenters. The number of phenolic OH excluding ortho intramolecular Hbond substituents is 1. The minimum absolute atomic E-state index is 0.118. The van der Waals surface area contributed by atoms with E-state index in [0.29, 0.717) is 0 Å². The highest BCUT2D eigenvalue weighted by molar-refractivity contribution is 5.39. The van der Waals surface area contributed by atoms with E-state index in [4.69, 9.17) is 10.8 Å².